The summed E-state index contributed by atoms with van der Waals surface area (Å²) < 4.78 is 78.0. The summed E-state index contributed by atoms with van der Waals surface area (Å²) in [5, 5.41) is 0. The smallest absolute Gasteiger partial charge is 0.316 e. The van der Waals surface area contributed by atoms with Gasteiger partial charge in [0.2, 0.25) is 0 Å². The normalized spacial score (nSPS) is 12.5. The summed E-state index contributed by atoms with van der Waals surface area (Å²) in [6.45, 7) is 0. The highest BCUT2D eigenvalue weighted by Gasteiger charge is 2.35. The molecule has 2 N–H and O–H groups in total. The molecule has 10 heteroatoms. The Kier molecular flexibility index (Phi) is 3.93. The van der Waals surface area contributed by atoms with E-state index in [-0.39, 0.29) is 16.6 Å². The fourth-order valence-corrected chi connectivity index (χ4v) is 2.48. The van der Waals surface area contributed by atoms with Gasteiger partial charge in [0.25, 0.3) is 0 Å². The molecule has 0 aliphatic carbocycles. The summed E-state index contributed by atoms with van der Waals surface area (Å²) in [4.78, 5) is 26.8. The van der Waals surface area contributed by atoms with E-state index in [0.29, 0.717) is 18.2 Å². The number of hydrogen-bond donors (Lipinski definition) is 2. The highest BCUT2D eigenvalue weighted by Crippen LogP contribution is 2.39. The van der Waals surface area contributed by atoms with Crippen LogP contribution in [0.5, 0.6) is 0 Å². The summed E-state index contributed by atoms with van der Waals surface area (Å²) >= 11 is 0. The molecule has 0 fully saturated rings. The third-order valence-corrected chi connectivity index (χ3v) is 3.69. The van der Waals surface area contributed by atoms with Gasteiger partial charge in [-0.1, -0.05) is 12.1 Å². The lowest BCUT2D eigenvalue weighted by atomic mass is 9.97. The van der Waals surface area contributed by atoms with Crippen molar-refractivity contribution < 1.29 is 26.3 Å². The zero-order valence-corrected chi connectivity index (χ0v) is 12.5. The number of halogens is 6. The monoisotopic (exact) mass is 374 g/mol. The zero-order chi connectivity index (χ0) is 19.3. The molecular weight excluding hydrogens is 366 g/mol. The molecule has 0 radical (unpaired) electrons. The van der Waals surface area contributed by atoms with Gasteiger partial charge in [-0.05, 0) is 35.4 Å². The first-order valence-corrected chi connectivity index (χ1v) is 7.02. The fraction of sp³-hybridized carbons (Fsp3) is 0.125. The molecule has 0 amide bonds. The molecule has 26 heavy (non-hydrogen) atoms. The first-order chi connectivity index (χ1) is 12.0. The van der Waals surface area contributed by atoms with Crippen LogP contribution in [0.1, 0.15) is 11.1 Å². The van der Waals surface area contributed by atoms with Crippen molar-refractivity contribution >= 4 is 11.0 Å². The molecule has 0 spiro atoms. The van der Waals surface area contributed by atoms with Gasteiger partial charge in [0, 0.05) is 0 Å². The Morgan fingerprint density at radius 3 is 1.65 bits per heavy atom. The van der Waals surface area contributed by atoms with E-state index < -0.39 is 40.2 Å². The molecule has 4 nitrogen and oxygen atoms in total. The number of nitrogens with one attached hydrogen (secondary N) is 2. The average molecular weight is 374 g/mol. The highest BCUT2D eigenvalue weighted by molar-refractivity contribution is 5.84. The molecule has 2 aromatic carbocycles. The summed E-state index contributed by atoms with van der Waals surface area (Å²) in [6, 6.07) is 4.72. The maximum Gasteiger partial charge on any atom is 0.417 e. The lowest BCUT2D eigenvalue weighted by Gasteiger charge is -2.15. The number of aromatic nitrogens is 2. The molecule has 0 unspecified atom stereocenters. The molecule has 1 heterocycles. The quantitative estimate of drug-likeness (QED) is 0.501. The van der Waals surface area contributed by atoms with Crippen molar-refractivity contribution in [2.75, 3.05) is 0 Å². The second-order valence-corrected chi connectivity index (χ2v) is 5.42. The van der Waals surface area contributed by atoms with Crippen molar-refractivity contribution in [1.82, 2.24) is 9.97 Å². The lowest BCUT2D eigenvalue weighted by molar-refractivity contribution is -0.138. The van der Waals surface area contributed by atoms with E-state index >= 15 is 0 Å². The molecule has 136 valence electrons. The third kappa shape index (κ3) is 3.22. The topological polar surface area (TPSA) is 65.7 Å². The number of fused-ring (bicyclic) bond motifs is 1. The van der Waals surface area contributed by atoms with Crippen LogP contribution < -0.4 is 11.1 Å². The van der Waals surface area contributed by atoms with Gasteiger partial charge >= 0.3 is 23.5 Å². The minimum absolute atomic E-state index is 0.0857. The van der Waals surface area contributed by atoms with Gasteiger partial charge in [0.05, 0.1) is 22.2 Å². The average Bonchev–Trinajstić information content (AvgIpc) is 2.53. The zero-order valence-electron chi connectivity index (χ0n) is 12.5. The standard InChI is InChI=1S/C16H8F6N2O2/c17-15(18,19)8-3-1-7(2-4-8)9-5-11-12(6-10(9)16(20,21)22)24-14(26)13(25)23-11/h1-6H,(H,23,25)(H,24,26). The molecular formula is C16H8F6N2O2. The number of hydrogen-bond acceptors (Lipinski definition) is 2. The first kappa shape index (κ1) is 17.8. The number of H-pyrrole nitrogens is 2. The van der Waals surface area contributed by atoms with Gasteiger partial charge in [-0.3, -0.25) is 9.59 Å². The second-order valence-electron chi connectivity index (χ2n) is 5.42. The number of benzene rings is 2. The van der Waals surface area contributed by atoms with Crippen molar-refractivity contribution in [3.05, 3.63) is 68.2 Å². The van der Waals surface area contributed by atoms with Gasteiger partial charge in [-0.2, -0.15) is 26.3 Å². The Labute approximate surface area is 140 Å². The van der Waals surface area contributed by atoms with E-state index in [2.05, 4.69) is 4.98 Å². The van der Waals surface area contributed by atoms with Crippen LogP contribution in [0.15, 0.2) is 46.0 Å². The molecule has 0 aliphatic heterocycles. The minimum atomic E-state index is -4.83. The fourth-order valence-electron chi connectivity index (χ4n) is 2.48. The van der Waals surface area contributed by atoms with Crippen LogP contribution in [-0.4, -0.2) is 9.97 Å². The van der Waals surface area contributed by atoms with Crippen LogP contribution in [0.4, 0.5) is 26.3 Å². The number of rotatable bonds is 1. The molecule has 0 bridgehead atoms. The Bertz CT molecular complexity index is 1090. The Balaban J connectivity index is 2.28. The second kappa shape index (κ2) is 5.75. The summed E-state index contributed by atoms with van der Waals surface area (Å²) in [5.41, 5.74) is -5.24. The van der Waals surface area contributed by atoms with Crippen LogP contribution in [0.25, 0.3) is 22.2 Å². The molecule has 3 rings (SSSR count). The summed E-state index contributed by atoms with van der Waals surface area (Å²) in [7, 11) is 0. The van der Waals surface area contributed by atoms with Gasteiger partial charge < -0.3 is 9.97 Å². The summed E-state index contributed by atoms with van der Waals surface area (Å²) in [6.07, 6.45) is -9.46. The van der Waals surface area contributed by atoms with E-state index in [0.717, 1.165) is 18.2 Å². The Morgan fingerprint density at radius 2 is 1.19 bits per heavy atom. The van der Waals surface area contributed by atoms with Gasteiger partial charge in [-0.25, -0.2) is 0 Å². The Hall–Kier alpha value is -3.04. The van der Waals surface area contributed by atoms with Crippen molar-refractivity contribution in [1.29, 1.82) is 0 Å². The number of alkyl halides is 6. The van der Waals surface area contributed by atoms with Crippen LogP contribution in [-0.2, 0) is 12.4 Å². The van der Waals surface area contributed by atoms with E-state index in [4.69, 9.17) is 0 Å². The van der Waals surface area contributed by atoms with Crippen molar-refractivity contribution in [3.8, 4) is 11.1 Å². The largest absolute Gasteiger partial charge is 0.417 e. The van der Waals surface area contributed by atoms with Gasteiger partial charge in [-0.15, -0.1) is 0 Å². The predicted molar refractivity (Wildman–Crippen MR) is 80.6 cm³/mol. The lowest BCUT2D eigenvalue weighted by Crippen LogP contribution is -2.29. The summed E-state index contributed by atoms with van der Waals surface area (Å²) in [5.74, 6) is 0. The molecule has 3 aromatic rings. The van der Waals surface area contributed by atoms with Crippen LogP contribution in [0, 0.1) is 0 Å². The minimum Gasteiger partial charge on any atom is -0.316 e. The number of aromatic amines is 2. The maximum absolute atomic E-state index is 13.4. The van der Waals surface area contributed by atoms with E-state index in [1.807, 2.05) is 4.98 Å². The third-order valence-electron chi connectivity index (χ3n) is 3.69. The van der Waals surface area contributed by atoms with Crippen LogP contribution in [0.2, 0.25) is 0 Å². The molecule has 1 aromatic heterocycles. The maximum atomic E-state index is 13.4. The molecule has 0 saturated carbocycles. The first-order valence-electron chi connectivity index (χ1n) is 7.02. The SMILES string of the molecule is O=c1[nH]c2cc(-c3ccc(C(F)(F)F)cc3)c(C(F)(F)F)cc2[nH]c1=O. The van der Waals surface area contributed by atoms with Gasteiger partial charge in [0.1, 0.15) is 0 Å². The molecule has 0 aliphatic rings. The molecule has 0 atom stereocenters. The molecule has 0 saturated heterocycles. The van der Waals surface area contributed by atoms with Crippen molar-refractivity contribution in [3.63, 3.8) is 0 Å². The van der Waals surface area contributed by atoms with E-state index in [1.54, 1.807) is 0 Å². The highest BCUT2D eigenvalue weighted by atomic mass is 19.4. The van der Waals surface area contributed by atoms with E-state index in [1.165, 1.54) is 0 Å². The van der Waals surface area contributed by atoms with Crippen LogP contribution >= 0.6 is 0 Å². The Morgan fingerprint density at radius 1 is 0.692 bits per heavy atom. The van der Waals surface area contributed by atoms with Crippen LogP contribution in [0.3, 0.4) is 0 Å². The predicted octanol–water partition coefficient (Wildman–Crippen LogP) is 3.92. The van der Waals surface area contributed by atoms with Crippen molar-refractivity contribution in [2.24, 2.45) is 0 Å². The van der Waals surface area contributed by atoms with E-state index in [9.17, 15) is 35.9 Å². The van der Waals surface area contributed by atoms with Gasteiger partial charge in [0.15, 0.2) is 0 Å². The van der Waals surface area contributed by atoms with Crippen molar-refractivity contribution in [2.45, 2.75) is 12.4 Å².